The predicted octanol–water partition coefficient (Wildman–Crippen LogP) is 8.38. The van der Waals surface area contributed by atoms with Crippen LogP contribution in [0.2, 0.25) is 0 Å². The molecule has 7 rings (SSSR count). The number of rotatable bonds is 5. The molecule has 0 bridgehead atoms. The zero-order valence-corrected chi connectivity index (χ0v) is 33.5. The highest BCUT2D eigenvalue weighted by Gasteiger charge is 2.39. The van der Waals surface area contributed by atoms with E-state index in [1.54, 1.807) is 46.4 Å². The molecule has 1 aromatic carbocycles. The van der Waals surface area contributed by atoms with E-state index in [1.807, 2.05) is 13.0 Å². The Morgan fingerprint density at radius 3 is 2.45 bits per heavy atom. The fourth-order valence-electron chi connectivity index (χ4n) is 7.16. The Balaban J connectivity index is 0.000000512. The molecule has 17 heteroatoms. The monoisotopic (exact) mass is 797 g/mol. The lowest BCUT2D eigenvalue weighted by Gasteiger charge is -2.28. The maximum Gasteiger partial charge on any atom is 0.412 e. The summed E-state index contributed by atoms with van der Waals surface area (Å²) in [7, 11) is 1.32. The standard InChI is InChI=1S/C32H34F2N6O6S.C7H12FN/c1-15-20(11-12-40(15)30(42)46-32(5,6)7)44-26-18-14-36-23(22(34)24(18)37-28(38-26)43-8)16-9-10-19(33)25-21(16)17(13-35)27(47-25)39-29(41)45-31(2,3)4;8-6-4-7-2-1-3-9(7)5-6/h9-10,14-15,20H,11-12H2,1-8H3,(H,39,41);6-7H,1-5H2. The van der Waals surface area contributed by atoms with Crippen LogP contribution in [0.15, 0.2) is 18.3 Å². The summed E-state index contributed by atoms with van der Waals surface area (Å²) in [4.78, 5) is 41.9. The van der Waals surface area contributed by atoms with Crippen LogP contribution in [0.5, 0.6) is 11.9 Å². The predicted molar refractivity (Wildman–Crippen MR) is 205 cm³/mol. The Hall–Kier alpha value is -4.95. The molecule has 0 spiro atoms. The van der Waals surface area contributed by atoms with Crippen LogP contribution in [0.1, 0.15) is 79.7 Å². The number of pyridine rings is 1. The van der Waals surface area contributed by atoms with Crippen molar-refractivity contribution in [3.05, 3.63) is 35.5 Å². The van der Waals surface area contributed by atoms with Crippen LogP contribution in [-0.4, -0.2) is 99.2 Å². The number of methoxy groups -OCH3 is 1. The van der Waals surface area contributed by atoms with Gasteiger partial charge in [-0.25, -0.2) is 22.8 Å². The molecule has 3 aromatic heterocycles. The molecule has 0 aliphatic carbocycles. The number of nitriles is 1. The summed E-state index contributed by atoms with van der Waals surface area (Å²) in [6, 6.07) is 4.47. The zero-order valence-electron chi connectivity index (χ0n) is 32.7. The Morgan fingerprint density at radius 1 is 1.05 bits per heavy atom. The van der Waals surface area contributed by atoms with Crippen molar-refractivity contribution in [3.63, 3.8) is 0 Å². The molecule has 3 aliphatic heterocycles. The highest BCUT2D eigenvalue weighted by Crippen LogP contribution is 2.44. The van der Waals surface area contributed by atoms with Gasteiger partial charge >= 0.3 is 18.2 Å². The van der Waals surface area contributed by atoms with Gasteiger partial charge in [-0.15, -0.1) is 11.3 Å². The highest BCUT2D eigenvalue weighted by molar-refractivity contribution is 7.23. The molecule has 4 aromatic rings. The first kappa shape index (κ1) is 40.7. The lowest BCUT2D eigenvalue weighted by atomic mass is 10.0. The molecular weight excluding hydrogens is 752 g/mol. The van der Waals surface area contributed by atoms with Crippen molar-refractivity contribution in [1.82, 2.24) is 24.8 Å². The molecule has 0 radical (unpaired) electrons. The van der Waals surface area contributed by atoms with Gasteiger partial charge in [0.1, 0.15) is 51.6 Å². The van der Waals surface area contributed by atoms with Gasteiger partial charge in [0, 0.05) is 42.7 Å². The molecule has 4 unspecified atom stereocenters. The summed E-state index contributed by atoms with van der Waals surface area (Å²) in [5.74, 6) is -1.57. The van der Waals surface area contributed by atoms with Crippen molar-refractivity contribution in [3.8, 4) is 29.2 Å². The van der Waals surface area contributed by atoms with Gasteiger partial charge in [-0.3, -0.25) is 15.2 Å². The van der Waals surface area contributed by atoms with Crippen LogP contribution >= 0.6 is 11.3 Å². The number of anilines is 1. The highest BCUT2D eigenvalue weighted by atomic mass is 32.1. The van der Waals surface area contributed by atoms with E-state index in [2.05, 4.69) is 25.2 Å². The molecule has 3 aliphatic rings. The first-order valence-electron chi connectivity index (χ1n) is 18.5. The number of nitrogens with one attached hydrogen (secondary N) is 1. The second-order valence-electron chi connectivity index (χ2n) is 16.0. The van der Waals surface area contributed by atoms with Crippen LogP contribution in [0, 0.1) is 23.0 Å². The van der Waals surface area contributed by atoms with Crippen molar-refractivity contribution in [1.29, 1.82) is 5.26 Å². The number of hydrogen-bond acceptors (Lipinski definition) is 12. The SMILES string of the molecule is COc1nc(OC2CCN(C(=O)OC(C)(C)C)C2C)c2cnc(-c3ccc(F)c4sc(NC(=O)OC(C)(C)C)c(C#N)c34)c(F)c2n1.FC1CC2CCCN2C1. The van der Waals surface area contributed by atoms with E-state index in [-0.39, 0.29) is 54.7 Å². The van der Waals surface area contributed by atoms with Crippen molar-refractivity contribution in [2.45, 2.75) is 110 Å². The van der Waals surface area contributed by atoms with Crippen LogP contribution in [0.4, 0.5) is 27.8 Å². The van der Waals surface area contributed by atoms with Gasteiger partial charge in [0.05, 0.1) is 28.8 Å². The number of halogens is 3. The Bertz CT molecular complexity index is 2170. The Morgan fingerprint density at radius 2 is 1.79 bits per heavy atom. The van der Waals surface area contributed by atoms with Gasteiger partial charge in [-0.05, 0) is 86.4 Å². The van der Waals surface area contributed by atoms with Crippen molar-refractivity contribution < 1.29 is 41.7 Å². The molecule has 0 saturated carbocycles. The molecule has 1 N–H and O–H groups in total. The van der Waals surface area contributed by atoms with Crippen LogP contribution in [0.25, 0.3) is 32.2 Å². The number of hydrogen-bond donors (Lipinski definition) is 1. The number of carbonyl (C=O) groups is 2. The molecule has 3 saturated heterocycles. The fourth-order valence-corrected chi connectivity index (χ4v) is 8.23. The average Bonchev–Trinajstić information content (AvgIpc) is 3.87. The Kier molecular flexibility index (Phi) is 11.6. The molecule has 3 fully saturated rings. The zero-order chi connectivity index (χ0) is 40.7. The summed E-state index contributed by atoms with van der Waals surface area (Å²) in [5.41, 5.74) is -1.89. The summed E-state index contributed by atoms with van der Waals surface area (Å²) in [6.45, 7) is 14.4. The van der Waals surface area contributed by atoms with E-state index in [1.165, 1.54) is 32.2 Å². The number of thiophene rings is 1. The molecule has 4 atom stereocenters. The van der Waals surface area contributed by atoms with Crippen LogP contribution in [0.3, 0.4) is 0 Å². The summed E-state index contributed by atoms with van der Waals surface area (Å²) >= 11 is 0.817. The summed E-state index contributed by atoms with van der Waals surface area (Å²) in [5, 5.41) is 12.8. The van der Waals surface area contributed by atoms with E-state index in [0.29, 0.717) is 25.6 Å². The van der Waals surface area contributed by atoms with E-state index < -0.39 is 53.3 Å². The second kappa shape index (κ2) is 15.9. The second-order valence-corrected chi connectivity index (χ2v) is 17.0. The minimum atomic E-state index is -0.896. The van der Waals surface area contributed by atoms with Gasteiger partial charge in [0.15, 0.2) is 5.82 Å². The van der Waals surface area contributed by atoms with Gasteiger partial charge < -0.3 is 23.8 Å². The maximum absolute atomic E-state index is 16.4. The van der Waals surface area contributed by atoms with E-state index in [0.717, 1.165) is 30.4 Å². The van der Waals surface area contributed by atoms with Crippen LogP contribution < -0.4 is 14.8 Å². The van der Waals surface area contributed by atoms with Gasteiger partial charge in [0.25, 0.3) is 0 Å². The normalized spacial score (nSPS) is 21.0. The van der Waals surface area contributed by atoms with Crippen molar-refractivity contribution in [2.24, 2.45) is 0 Å². The molecule has 13 nitrogen and oxygen atoms in total. The minimum Gasteiger partial charge on any atom is -0.471 e. The van der Waals surface area contributed by atoms with Gasteiger partial charge in [-0.2, -0.15) is 15.2 Å². The van der Waals surface area contributed by atoms with Crippen molar-refractivity contribution in [2.75, 3.05) is 32.1 Å². The third-order valence-corrected chi connectivity index (χ3v) is 10.7. The molecule has 56 heavy (non-hydrogen) atoms. The quantitative estimate of drug-likeness (QED) is 0.207. The number of likely N-dealkylation sites (tertiary alicyclic amines) is 1. The average molecular weight is 798 g/mol. The number of nitrogens with zero attached hydrogens (tertiary/aromatic N) is 6. The number of benzene rings is 1. The van der Waals surface area contributed by atoms with Gasteiger partial charge in [0.2, 0.25) is 5.88 Å². The van der Waals surface area contributed by atoms with Crippen LogP contribution in [-0.2, 0) is 9.47 Å². The number of ether oxygens (including phenoxy) is 4. The number of alkyl halides is 1. The largest absolute Gasteiger partial charge is 0.471 e. The lowest BCUT2D eigenvalue weighted by Crippen LogP contribution is -2.42. The van der Waals surface area contributed by atoms with E-state index >= 15 is 8.78 Å². The minimum absolute atomic E-state index is 0.00552. The fraction of sp³-hybridized carbons (Fsp3) is 0.538. The summed E-state index contributed by atoms with van der Waals surface area (Å²) < 4.78 is 66.4. The van der Waals surface area contributed by atoms with E-state index in [9.17, 15) is 19.2 Å². The molecule has 300 valence electrons. The Labute approximate surface area is 327 Å². The number of fused-ring (bicyclic) bond motifs is 3. The number of carbonyl (C=O) groups excluding carboxylic acids is 2. The van der Waals surface area contributed by atoms with Crippen molar-refractivity contribution >= 4 is 49.5 Å². The molecule has 6 heterocycles. The topological polar surface area (TPSA) is 152 Å². The molecule has 2 amide bonds. The third kappa shape index (κ3) is 8.71. The lowest BCUT2D eigenvalue weighted by molar-refractivity contribution is 0.0190. The maximum atomic E-state index is 16.4. The number of amides is 2. The first-order chi connectivity index (χ1) is 26.4. The smallest absolute Gasteiger partial charge is 0.412 e. The third-order valence-electron chi connectivity index (χ3n) is 9.62. The van der Waals surface area contributed by atoms with Gasteiger partial charge in [-0.1, -0.05) is 0 Å². The summed E-state index contributed by atoms with van der Waals surface area (Å²) in [6.07, 6.45) is 2.78. The first-order valence-corrected chi connectivity index (χ1v) is 19.3. The molecular formula is C39H46F3N7O6S. The van der Waals surface area contributed by atoms with E-state index in [4.69, 9.17) is 18.9 Å². The number of aromatic nitrogens is 3.